The van der Waals surface area contributed by atoms with E-state index >= 15 is 0 Å². The molecule has 1 amide bonds. The molecule has 1 aromatic heterocycles. The van der Waals surface area contributed by atoms with Crippen molar-refractivity contribution in [1.82, 2.24) is 20.2 Å². The number of para-hydroxylation sites is 1. The fourth-order valence-electron chi connectivity index (χ4n) is 3.45. The normalized spacial score (nSPS) is 22.4. The summed E-state index contributed by atoms with van der Waals surface area (Å²) in [6.45, 7) is 10.3. The van der Waals surface area contributed by atoms with E-state index in [9.17, 15) is 9.59 Å². The molecule has 2 atom stereocenters. The highest BCUT2D eigenvalue weighted by Crippen LogP contribution is 2.34. The number of hydrogen-bond donors (Lipinski definition) is 2. The molecule has 25 heavy (non-hydrogen) atoms. The molecule has 2 aromatic rings. The van der Waals surface area contributed by atoms with Crippen molar-refractivity contribution < 1.29 is 9.59 Å². The van der Waals surface area contributed by atoms with Crippen molar-refractivity contribution in [1.29, 1.82) is 0 Å². The SMILES string of the molecule is CC(C=O)NC(=O)c1cccc2[nH]c(C3(C)CCN(C(C)C)C3)nc12. The number of likely N-dealkylation sites (tertiary alicyclic amines) is 1. The Labute approximate surface area is 148 Å². The van der Waals surface area contributed by atoms with Crippen LogP contribution in [0.3, 0.4) is 0 Å². The van der Waals surface area contributed by atoms with Crippen LogP contribution in [0.5, 0.6) is 0 Å². The Bertz CT molecular complexity index is 798. The number of hydrogen-bond acceptors (Lipinski definition) is 4. The highest BCUT2D eigenvalue weighted by Gasteiger charge is 2.38. The van der Waals surface area contributed by atoms with Gasteiger partial charge in [0.25, 0.3) is 5.91 Å². The van der Waals surface area contributed by atoms with Gasteiger partial charge in [-0.05, 0) is 45.9 Å². The van der Waals surface area contributed by atoms with Crippen LogP contribution in [0.1, 0.15) is 50.3 Å². The third kappa shape index (κ3) is 3.31. The average molecular weight is 342 g/mol. The first-order valence-corrected chi connectivity index (χ1v) is 8.83. The number of imidazole rings is 1. The number of nitrogens with one attached hydrogen (secondary N) is 2. The van der Waals surface area contributed by atoms with Crippen molar-refractivity contribution in [3.8, 4) is 0 Å². The Kier molecular flexibility index (Phi) is 4.64. The molecule has 0 bridgehead atoms. The van der Waals surface area contributed by atoms with Crippen molar-refractivity contribution in [2.75, 3.05) is 13.1 Å². The van der Waals surface area contributed by atoms with E-state index in [0.29, 0.717) is 23.4 Å². The molecule has 0 radical (unpaired) electrons. The van der Waals surface area contributed by atoms with Crippen molar-refractivity contribution in [2.45, 2.75) is 51.6 Å². The van der Waals surface area contributed by atoms with E-state index in [1.165, 1.54) is 0 Å². The lowest BCUT2D eigenvalue weighted by atomic mass is 9.89. The lowest BCUT2D eigenvalue weighted by Gasteiger charge is -2.24. The van der Waals surface area contributed by atoms with Crippen LogP contribution < -0.4 is 5.32 Å². The van der Waals surface area contributed by atoms with Crippen molar-refractivity contribution in [3.05, 3.63) is 29.6 Å². The van der Waals surface area contributed by atoms with Crippen LogP contribution in [-0.2, 0) is 10.2 Å². The average Bonchev–Trinajstić information content (AvgIpc) is 3.19. The summed E-state index contributed by atoms with van der Waals surface area (Å²) in [4.78, 5) is 33.9. The summed E-state index contributed by atoms with van der Waals surface area (Å²) in [6.07, 6.45) is 1.75. The molecule has 1 aliphatic heterocycles. The molecule has 6 nitrogen and oxygen atoms in total. The van der Waals surface area contributed by atoms with E-state index in [2.05, 4.69) is 36.0 Å². The van der Waals surface area contributed by atoms with Crippen LogP contribution in [0.4, 0.5) is 0 Å². The second-order valence-electron chi connectivity index (χ2n) is 7.56. The molecule has 134 valence electrons. The predicted octanol–water partition coefficient (Wildman–Crippen LogP) is 2.25. The molecule has 1 fully saturated rings. The fraction of sp³-hybridized carbons (Fsp3) is 0.526. The Morgan fingerprint density at radius 3 is 2.80 bits per heavy atom. The van der Waals surface area contributed by atoms with Crippen LogP contribution in [0.2, 0.25) is 0 Å². The maximum Gasteiger partial charge on any atom is 0.254 e. The number of aldehydes is 1. The summed E-state index contributed by atoms with van der Waals surface area (Å²) in [6, 6.07) is 5.51. The monoisotopic (exact) mass is 342 g/mol. The molecule has 2 N–H and O–H groups in total. The lowest BCUT2D eigenvalue weighted by Crippen LogP contribution is -2.33. The van der Waals surface area contributed by atoms with Crippen LogP contribution in [0.25, 0.3) is 11.0 Å². The van der Waals surface area contributed by atoms with Gasteiger partial charge in [0.15, 0.2) is 0 Å². The van der Waals surface area contributed by atoms with E-state index in [-0.39, 0.29) is 11.3 Å². The van der Waals surface area contributed by atoms with Crippen LogP contribution in [-0.4, -0.2) is 52.2 Å². The Morgan fingerprint density at radius 1 is 1.40 bits per heavy atom. The molecular formula is C19H26N4O2. The minimum absolute atomic E-state index is 0.0485. The number of amides is 1. The van der Waals surface area contributed by atoms with Crippen molar-refractivity contribution >= 4 is 23.2 Å². The smallest absolute Gasteiger partial charge is 0.254 e. The Balaban J connectivity index is 1.94. The van der Waals surface area contributed by atoms with Crippen LogP contribution in [0.15, 0.2) is 18.2 Å². The molecule has 1 saturated heterocycles. The van der Waals surface area contributed by atoms with Gasteiger partial charge in [0.1, 0.15) is 17.6 Å². The highest BCUT2D eigenvalue weighted by atomic mass is 16.2. The van der Waals surface area contributed by atoms with Gasteiger partial charge in [0.05, 0.1) is 17.1 Å². The fourth-order valence-corrected chi connectivity index (χ4v) is 3.45. The van der Waals surface area contributed by atoms with Crippen molar-refractivity contribution in [3.63, 3.8) is 0 Å². The van der Waals surface area contributed by atoms with E-state index in [1.54, 1.807) is 13.0 Å². The summed E-state index contributed by atoms with van der Waals surface area (Å²) in [5.74, 6) is 0.651. The largest absolute Gasteiger partial charge is 0.343 e. The zero-order chi connectivity index (χ0) is 18.2. The van der Waals surface area contributed by atoms with Gasteiger partial charge in [-0.1, -0.05) is 13.0 Å². The number of aromatic amines is 1. The van der Waals surface area contributed by atoms with E-state index in [1.807, 2.05) is 12.1 Å². The third-order valence-electron chi connectivity index (χ3n) is 5.13. The van der Waals surface area contributed by atoms with Gasteiger partial charge >= 0.3 is 0 Å². The summed E-state index contributed by atoms with van der Waals surface area (Å²) in [5, 5.41) is 2.68. The van der Waals surface area contributed by atoms with Gasteiger partial charge < -0.3 is 15.1 Å². The quantitative estimate of drug-likeness (QED) is 0.817. The third-order valence-corrected chi connectivity index (χ3v) is 5.13. The highest BCUT2D eigenvalue weighted by molar-refractivity contribution is 6.05. The standard InChI is InChI=1S/C19H26N4O2/c1-12(2)23-9-8-19(4,11-23)18-21-15-7-5-6-14(16(15)22-18)17(25)20-13(3)10-24/h5-7,10,12-13H,8-9,11H2,1-4H3,(H,20,25)(H,21,22). The van der Waals surface area contributed by atoms with Gasteiger partial charge in [-0.15, -0.1) is 0 Å². The number of rotatable bonds is 5. The molecule has 0 spiro atoms. The van der Waals surface area contributed by atoms with Gasteiger partial charge in [-0.2, -0.15) is 0 Å². The Morgan fingerprint density at radius 2 is 2.16 bits per heavy atom. The number of aromatic nitrogens is 2. The first-order valence-electron chi connectivity index (χ1n) is 8.83. The zero-order valence-electron chi connectivity index (χ0n) is 15.3. The van der Waals surface area contributed by atoms with Crippen LogP contribution in [0, 0.1) is 0 Å². The molecule has 0 saturated carbocycles. The maximum atomic E-state index is 12.4. The number of H-pyrrole nitrogens is 1. The van der Waals surface area contributed by atoms with Crippen LogP contribution >= 0.6 is 0 Å². The molecule has 2 heterocycles. The van der Waals surface area contributed by atoms with Gasteiger partial charge in [-0.25, -0.2) is 4.98 Å². The van der Waals surface area contributed by atoms with E-state index in [0.717, 1.165) is 30.9 Å². The van der Waals surface area contributed by atoms with E-state index < -0.39 is 6.04 Å². The summed E-state index contributed by atoms with van der Waals surface area (Å²) in [7, 11) is 0. The predicted molar refractivity (Wildman–Crippen MR) is 97.8 cm³/mol. The summed E-state index contributed by atoms with van der Waals surface area (Å²) < 4.78 is 0. The summed E-state index contributed by atoms with van der Waals surface area (Å²) >= 11 is 0. The maximum absolute atomic E-state index is 12.4. The second-order valence-corrected chi connectivity index (χ2v) is 7.56. The lowest BCUT2D eigenvalue weighted by molar-refractivity contribution is -0.109. The zero-order valence-corrected chi connectivity index (χ0v) is 15.3. The number of fused-ring (bicyclic) bond motifs is 1. The molecule has 6 heteroatoms. The van der Waals surface area contributed by atoms with Gasteiger partial charge in [0, 0.05) is 18.0 Å². The number of carbonyl (C=O) groups excluding carboxylic acids is 2. The second kappa shape index (κ2) is 6.59. The molecule has 1 aliphatic rings. The number of benzene rings is 1. The first kappa shape index (κ1) is 17.6. The first-order chi connectivity index (χ1) is 11.8. The molecule has 2 unspecified atom stereocenters. The minimum Gasteiger partial charge on any atom is -0.343 e. The molecule has 0 aliphatic carbocycles. The topological polar surface area (TPSA) is 78.1 Å². The summed E-state index contributed by atoms with van der Waals surface area (Å²) in [5.41, 5.74) is 1.96. The van der Waals surface area contributed by atoms with E-state index in [4.69, 9.17) is 4.98 Å². The number of nitrogens with zero attached hydrogens (tertiary/aromatic N) is 2. The Hall–Kier alpha value is -2.21. The molecule has 1 aromatic carbocycles. The molecule has 3 rings (SSSR count). The number of carbonyl (C=O) groups is 2. The van der Waals surface area contributed by atoms with Gasteiger partial charge in [0.2, 0.25) is 0 Å². The molecular weight excluding hydrogens is 316 g/mol. The van der Waals surface area contributed by atoms with Gasteiger partial charge in [-0.3, -0.25) is 9.69 Å². The minimum atomic E-state index is -0.520. The van der Waals surface area contributed by atoms with Crippen molar-refractivity contribution in [2.24, 2.45) is 0 Å².